The van der Waals surface area contributed by atoms with Gasteiger partial charge in [0.1, 0.15) is 19.8 Å². The predicted molar refractivity (Wildman–Crippen MR) is 114 cm³/mol. The topological polar surface area (TPSA) is 105 Å². The van der Waals surface area contributed by atoms with Crippen molar-refractivity contribution < 1.29 is 37.0 Å². The van der Waals surface area contributed by atoms with Crippen molar-refractivity contribution in [1.29, 1.82) is 0 Å². The van der Waals surface area contributed by atoms with Crippen LogP contribution in [0.4, 0.5) is 13.2 Å². The van der Waals surface area contributed by atoms with Gasteiger partial charge >= 0.3 is 12.1 Å². The zero-order valence-corrected chi connectivity index (χ0v) is 18.3. The van der Waals surface area contributed by atoms with Crippen molar-refractivity contribution in [3.8, 4) is 22.8 Å². The number of nitrogens with zero attached hydrogens (tertiary/aromatic N) is 3. The molecule has 3 aromatic rings. The number of hydrogen-bond donors (Lipinski definition) is 1. The lowest BCUT2D eigenvalue weighted by Crippen LogP contribution is -2.36. The van der Waals surface area contributed by atoms with E-state index in [4.69, 9.17) is 14.2 Å². The first-order valence-electron chi connectivity index (χ1n) is 10.4. The quantitative estimate of drug-likeness (QED) is 0.542. The highest BCUT2D eigenvalue weighted by molar-refractivity contribution is 6.04. The lowest BCUT2D eigenvalue weighted by Gasteiger charge is -2.19. The Bertz CT molecular complexity index is 1240. The number of rotatable bonds is 6. The van der Waals surface area contributed by atoms with Gasteiger partial charge in [0.15, 0.2) is 23.8 Å². The fourth-order valence-corrected chi connectivity index (χ4v) is 3.37. The van der Waals surface area contributed by atoms with Crippen LogP contribution in [0.1, 0.15) is 30.2 Å². The summed E-state index contributed by atoms with van der Waals surface area (Å²) in [6, 6.07) is 6.64. The fraction of sp³-hybridized carbons (Fsp3) is 0.364. The second kappa shape index (κ2) is 9.20. The molecule has 0 fully saturated rings. The summed E-state index contributed by atoms with van der Waals surface area (Å²) in [5, 5.41) is 6.33. The van der Waals surface area contributed by atoms with Crippen LogP contribution in [0.15, 0.2) is 30.5 Å². The number of alkyl halides is 3. The van der Waals surface area contributed by atoms with E-state index >= 15 is 0 Å². The average molecular weight is 478 g/mol. The van der Waals surface area contributed by atoms with Gasteiger partial charge in [-0.1, -0.05) is 0 Å². The van der Waals surface area contributed by atoms with Crippen molar-refractivity contribution in [1.82, 2.24) is 20.1 Å². The van der Waals surface area contributed by atoms with Crippen LogP contribution in [0.25, 0.3) is 22.3 Å². The molecule has 1 N–H and O–H groups in total. The molecule has 2 aromatic heterocycles. The average Bonchev–Trinajstić information content (AvgIpc) is 3.24. The van der Waals surface area contributed by atoms with Crippen LogP contribution in [0.2, 0.25) is 0 Å². The summed E-state index contributed by atoms with van der Waals surface area (Å²) in [5.74, 6) is -0.834. The van der Waals surface area contributed by atoms with Gasteiger partial charge in [0, 0.05) is 11.6 Å². The van der Waals surface area contributed by atoms with Gasteiger partial charge in [-0.3, -0.25) is 4.79 Å². The molecule has 180 valence electrons. The minimum Gasteiger partial charge on any atom is -0.486 e. The van der Waals surface area contributed by atoms with Crippen molar-refractivity contribution in [3.63, 3.8) is 0 Å². The summed E-state index contributed by atoms with van der Waals surface area (Å²) in [6.07, 6.45) is -3.11. The number of nitrogens with one attached hydrogen (secondary N) is 1. The molecule has 12 heteroatoms. The molecule has 0 saturated carbocycles. The minimum absolute atomic E-state index is 0.0717. The molecule has 9 nitrogen and oxygen atoms in total. The van der Waals surface area contributed by atoms with E-state index in [1.54, 1.807) is 28.2 Å². The van der Waals surface area contributed by atoms with Gasteiger partial charge in [-0.25, -0.2) is 14.5 Å². The van der Waals surface area contributed by atoms with Crippen LogP contribution in [-0.2, 0) is 9.53 Å². The number of pyridine rings is 1. The number of halogens is 3. The molecule has 1 aromatic carbocycles. The molecular formula is C22H21F3N4O5. The lowest BCUT2D eigenvalue weighted by atomic mass is 10.1. The van der Waals surface area contributed by atoms with Crippen LogP contribution in [0.3, 0.4) is 0 Å². The highest BCUT2D eigenvalue weighted by atomic mass is 19.4. The Hall–Kier alpha value is -3.83. The summed E-state index contributed by atoms with van der Waals surface area (Å²) in [4.78, 5) is 29.2. The largest absolute Gasteiger partial charge is 0.486 e. The Balaban J connectivity index is 1.66. The number of aromatic nitrogens is 3. The summed E-state index contributed by atoms with van der Waals surface area (Å²) in [7, 11) is 0. The van der Waals surface area contributed by atoms with Crippen molar-refractivity contribution in [2.75, 3.05) is 26.4 Å². The van der Waals surface area contributed by atoms with Crippen molar-refractivity contribution in [3.05, 3.63) is 36.0 Å². The zero-order chi connectivity index (χ0) is 24.5. The summed E-state index contributed by atoms with van der Waals surface area (Å²) in [6.45, 7) is 2.25. The van der Waals surface area contributed by atoms with Crippen LogP contribution in [-0.4, -0.2) is 59.2 Å². The normalized spacial score (nSPS) is 13.2. The lowest BCUT2D eigenvalue weighted by molar-refractivity contribution is -0.140. The number of carbonyl (C=O) groups is 2. The number of hydrogen-bond acceptors (Lipinski definition) is 7. The Kier molecular flexibility index (Phi) is 6.31. The number of fused-ring (bicyclic) bond motifs is 2. The maximum atomic E-state index is 12.8. The molecule has 0 saturated heterocycles. The predicted octanol–water partition coefficient (Wildman–Crippen LogP) is 3.29. The van der Waals surface area contributed by atoms with E-state index in [1.807, 2.05) is 13.8 Å². The molecule has 1 amide bonds. The Morgan fingerprint density at radius 1 is 1.18 bits per heavy atom. The Labute approximate surface area is 191 Å². The molecule has 0 bridgehead atoms. The SMILES string of the molecule is CC(C)n1ncc2c(C(=O)OCC(=O)NCC(F)(F)F)cc(-c3ccc4c(c3)OCCO4)nc21. The van der Waals surface area contributed by atoms with E-state index < -0.39 is 31.2 Å². The van der Waals surface area contributed by atoms with Crippen LogP contribution in [0, 0.1) is 0 Å². The van der Waals surface area contributed by atoms with Crippen LogP contribution >= 0.6 is 0 Å². The summed E-state index contributed by atoms with van der Waals surface area (Å²) in [5.41, 5.74) is 1.54. The van der Waals surface area contributed by atoms with E-state index in [2.05, 4.69) is 10.1 Å². The third kappa shape index (κ3) is 5.05. The van der Waals surface area contributed by atoms with E-state index in [1.165, 1.54) is 12.3 Å². The summed E-state index contributed by atoms with van der Waals surface area (Å²) >= 11 is 0. The van der Waals surface area contributed by atoms with Crippen LogP contribution < -0.4 is 14.8 Å². The molecule has 1 aliphatic heterocycles. The smallest absolute Gasteiger partial charge is 0.405 e. The molecular weight excluding hydrogens is 457 g/mol. The van der Waals surface area contributed by atoms with Gasteiger partial charge < -0.3 is 19.5 Å². The highest BCUT2D eigenvalue weighted by Gasteiger charge is 2.28. The number of esters is 1. The van der Waals surface area contributed by atoms with E-state index in [9.17, 15) is 22.8 Å². The first kappa shape index (κ1) is 23.3. The number of ether oxygens (including phenoxy) is 3. The molecule has 1 aliphatic rings. The first-order valence-corrected chi connectivity index (χ1v) is 10.4. The van der Waals surface area contributed by atoms with Gasteiger partial charge in [0.25, 0.3) is 5.91 Å². The summed E-state index contributed by atoms with van der Waals surface area (Å²) < 4.78 is 54.6. The zero-order valence-electron chi connectivity index (χ0n) is 18.3. The first-order chi connectivity index (χ1) is 16.1. The van der Waals surface area contributed by atoms with Gasteiger partial charge in [-0.2, -0.15) is 18.3 Å². The van der Waals surface area contributed by atoms with Crippen molar-refractivity contribution >= 4 is 22.9 Å². The maximum absolute atomic E-state index is 12.8. The molecule has 3 heterocycles. The minimum atomic E-state index is -4.57. The van der Waals surface area contributed by atoms with Crippen molar-refractivity contribution in [2.24, 2.45) is 0 Å². The third-order valence-electron chi connectivity index (χ3n) is 4.93. The number of amides is 1. The van der Waals surface area contributed by atoms with Crippen LogP contribution in [0.5, 0.6) is 11.5 Å². The van der Waals surface area contributed by atoms with E-state index in [0.717, 1.165) is 0 Å². The van der Waals surface area contributed by atoms with Gasteiger partial charge in [-0.05, 0) is 38.1 Å². The maximum Gasteiger partial charge on any atom is 0.405 e. The molecule has 0 aliphatic carbocycles. The molecule has 0 radical (unpaired) electrons. The molecule has 0 unspecified atom stereocenters. The molecule has 34 heavy (non-hydrogen) atoms. The fourth-order valence-electron chi connectivity index (χ4n) is 3.37. The monoisotopic (exact) mass is 478 g/mol. The van der Waals surface area contributed by atoms with Gasteiger partial charge in [-0.15, -0.1) is 0 Å². The Morgan fingerprint density at radius 2 is 1.91 bits per heavy atom. The Morgan fingerprint density at radius 3 is 2.62 bits per heavy atom. The number of carbonyl (C=O) groups excluding carboxylic acids is 2. The third-order valence-corrected chi connectivity index (χ3v) is 4.93. The van der Waals surface area contributed by atoms with Gasteiger partial charge in [0.2, 0.25) is 0 Å². The van der Waals surface area contributed by atoms with E-state index in [0.29, 0.717) is 47.0 Å². The second-order valence-electron chi connectivity index (χ2n) is 7.80. The highest BCUT2D eigenvalue weighted by Crippen LogP contribution is 2.35. The molecule has 0 atom stereocenters. The van der Waals surface area contributed by atoms with Crippen molar-refractivity contribution in [2.45, 2.75) is 26.1 Å². The van der Waals surface area contributed by atoms with Gasteiger partial charge in [0.05, 0.1) is 22.8 Å². The number of benzene rings is 1. The second-order valence-corrected chi connectivity index (χ2v) is 7.80. The molecule has 4 rings (SSSR count). The van der Waals surface area contributed by atoms with E-state index in [-0.39, 0.29) is 11.6 Å². The standard InChI is InChI=1S/C22H21F3N4O5/c1-12(2)29-20-15(9-27-29)14(21(31)34-10-19(30)26-11-22(23,24)25)8-16(28-20)13-3-4-17-18(7-13)33-6-5-32-17/h3-4,7-9,12H,5-6,10-11H2,1-2H3,(H,26,30). The molecule has 0 spiro atoms.